The fourth-order valence-electron chi connectivity index (χ4n) is 2.60. The molecule has 1 aromatic carbocycles. The minimum Gasteiger partial charge on any atom is -0.377 e. The van der Waals surface area contributed by atoms with Crippen molar-refractivity contribution < 1.29 is 4.74 Å². The maximum absolute atomic E-state index is 5.54. The van der Waals surface area contributed by atoms with Crippen LogP contribution in [0.1, 0.15) is 25.3 Å². The van der Waals surface area contributed by atoms with Crippen molar-refractivity contribution in [3.05, 3.63) is 28.2 Å². The highest BCUT2D eigenvalue weighted by Gasteiger charge is 2.23. The van der Waals surface area contributed by atoms with Crippen LogP contribution in [0.5, 0.6) is 0 Å². The van der Waals surface area contributed by atoms with Gasteiger partial charge >= 0.3 is 0 Å². The number of morpholine rings is 1. The maximum atomic E-state index is 5.54. The van der Waals surface area contributed by atoms with E-state index in [1.165, 1.54) is 24.1 Å². The normalized spacial score (nSPS) is 23.7. The molecule has 0 bridgehead atoms. The van der Waals surface area contributed by atoms with Gasteiger partial charge in [0.15, 0.2) is 0 Å². The molecule has 0 aromatic heterocycles. The molecule has 3 rings (SSSR count). The van der Waals surface area contributed by atoms with E-state index in [2.05, 4.69) is 51.3 Å². The van der Waals surface area contributed by atoms with Crippen molar-refractivity contribution in [1.82, 2.24) is 5.32 Å². The van der Waals surface area contributed by atoms with Crippen molar-refractivity contribution in [3.63, 3.8) is 0 Å². The molecule has 19 heavy (non-hydrogen) atoms. The van der Waals surface area contributed by atoms with Gasteiger partial charge in [0, 0.05) is 35.3 Å². The summed E-state index contributed by atoms with van der Waals surface area (Å²) in [7, 11) is 0. The smallest absolute Gasteiger partial charge is 0.0668 e. The van der Waals surface area contributed by atoms with Crippen LogP contribution >= 0.6 is 15.9 Å². The van der Waals surface area contributed by atoms with Crippen molar-refractivity contribution in [1.29, 1.82) is 0 Å². The number of benzene rings is 1. The third-order valence-corrected chi connectivity index (χ3v) is 4.37. The van der Waals surface area contributed by atoms with Crippen LogP contribution in [0.15, 0.2) is 22.7 Å². The molecular weight excluding hydrogens is 304 g/mol. The van der Waals surface area contributed by atoms with Gasteiger partial charge < -0.3 is 15.0 Å². The molecular formula is C15H21BrN2O. The largest absolute Gasteiger partial charge is 0.377 e. The second kappa shape index (κ2) is 5.81. The Morgan fingerprint density at radius 3 is 3.00 bits per heavy atom. The highest BCUT2D eigenvalue weighted by Crippen LogP contribution is 2.28. The van der Waals surface area contributed by atoms with Gasteiger partial charge in [0.2, 0.25) is 0 Å². The summed E-state index contributed by atoms with van der Waals surface area (Å²) in [5, 5.41) is 3.62. The molecule has 1 aromatic rings. The van der Waals surface area contributed by atoms with E-state index in [0.717, 1.165) is 36.8 Å². The predicted octanol–water partition coefficient (Wildman–Crippen LogP) is 2.93. The molecule has 2 aliphatic rings. The van der Waals surface area contributed by atoms with E-state index in [-0.39, 0.29) is 0 Å². The van der Waals surface area contributed by atoms with Gasteiger partial charge in [-0.25, -0.2) is 0 Å². The Kier molecular flexibility index (Phi) is 4.10. The zero-order valence-electron chi connectivity index (χ0n) is 11.4. The minimum absolute atomic E-state index is 0.453. The van der Waals surface area contributed by atoms with Crippen molar-refractivity contribution in [2.75, 3.05) is 24.7 Å². The number of nitrogens with one attached hydrogen (secondary N) is 1. The quantitative estimate of drug-likeness (QED) is 0.921. The first-order chi connectivity index (χ1) is 9.24. The molecule has 1 heterocycles. The van der Waals surface area contributed by atoms with Crippen LogP contribution in [0.2, 0.25) is 0 Å². The van der Waals surface area contributed by atoms with Crippen LogP contribution in [0.4, 0.5) is 5.69 Å². The third kappa shape index (κ3) is 3.30. The van der Waals surface area contributed by atoms with Gasteiger partial charge in [-0.05, 0) is 43.5 Å². The van der Waals surface area contributed by atoms with Gasteiger partial charge in [0.05, 0.1) is 13.2 Å². The van der Waals surface area contributed by atoms with Gasteiger partial charge in [-0.3, -0.25) is 0 Å². The number of halogens is 1. The summed E-state index contributed by atoms with van der Waals surface area (Å²) in [6.45, 7) is 5.84. The van der Waals surface area contributed by atoms with E-state index >= 15 is 0 Å². The van der Waals surface area contributed by atoms with E-state index in [1.54, 1.807) is 0 Å². The van der Waals surface area contributed by atoms with Crippen LogP contribution < -0.4 is 10.2 Å². The molecule has 104 valence electrons. The van der Waals surface area contributed by atoms with Crippen LogP contribution in [-0.2, 0) is 11.3 Å². The molecule has 4 heteroatoms. The van der Waals surface area contributed by atoms with Gasteiger partial charge in [-0.15, -0.1) is 0 Å². The molecule has 1 aliphatic heterocycles. The zero-order valence-corrected chi connectivity index (χ0v) is 12.9. The molecule has 3 nitrogen and oxygen atoms in total. The number of rotatable bonds is 4. The second-order valence-corrected chi connectivity index (χ2v) is 6.46. The van der Waals surface area contributed by atoms with Gasteiger partial charge in [0.1, 0.15) is 0 Å². The lowest BCUT2D eigenvalue weighted by Gasteiger charge is -2.36. The van der Waals surface area contributed by atoms with Crippen LogP contribution in [0.3, 0.4) is 0 Å². The van der Waals surface area contributed by atoms with Gasteiger partial charge in [-0.2, -0.15) is 0 Å². The molecule has 1 N–H and O–H groups in total. The number of hydrogen-bond acceptors (Lipinski definition) is 3. The Labute approximate surface area is 123 Å². The summed E-state index contributed by atoms with van der Waals surface area (Å²) < 4.78 is 6.70. The fourth-order valence-corrected chi connectivity index (χ4v) is 3.01. The lowest BCUT2D eigenvalue weighted by Crippen LogP contribution is -2.44. The summed E-state index contributed by atoms with van der Waals surface area (Å²) in [5.74, 6) is 0. The summed E-state index contributed by atoms with van der Waals surface area (Å²) in [6, 6.07) is 7.81. The molecule has 1 saturated heterocycles. The summed E-state index contributed by atoms with van der Waals surface area (Å²) in [5.41, 5.74) is 2.74. The fraction of sp³-hybridized carbons (Fsp3) is 0.600. The summed E-state index contributed by atoms with van der Waals surface area (Å²) >= 11 is 3.59. The summed E-state index contributed by atoms with van der Waals surface area (Å²) in [4.78, 5) is 2.47. The Bertz CT molecular complexity index is 448. The van der Waals surface area contributed by atoms with E-state index in [1.807, 2.05) is 0 Å². The van der Waals surface area contributed by atoms with Crippen molar-refractivity contribution in [2.45, 2.75) is 38.4 Å². The number of hydrogen-bond donors (Lipinski definition) is 1. The number of anilines is 1. The maximum Gasteiger partial charge on any atom is 0.0668 e. The van der Waals surface area contributed by atoms with Gasteiger partial charge in [-0.1, -0.05) is 15.9 Å². The zero-order chi connectivity index (χ0) is 13.2. The molecule has 1 saturated carbocycles. The van der Waals surface area contributed by atoms with Crippen molar-refractivity contribution >= 4 is 21.6 Å². The van der Waals surface area contributed by atoms with E-state index in [4.69, 9.17) is 4.74 Å². The second-order valence-electron chi connectivity index (χ2n) is 5.55. The van der Waals surface area contributed by atoms with Crippen molar-refractivity contribution in [2.24, 2.45) is 0 Å². The highest BCUT2D eigenvalue weighted by molar-refractivity contribution is 9.10. The first-order valence-corrected chi connectivity index (χ1v) is 7.89. The topological polar surface area (TPSA) is 24.5 Å². The van der Waals surface area contributed by atoms with Crippen molar-refractivity contribution in [3.8, 4) is 0 Å². The van der Waals surface area contributed by atoms with Gasteiger partial charge in [0.25, 0.3) is 0 Å². The summed E-state index contributed by atoms with van der Waals surface area (Å²) in [6.07, 6.45) is 2.66. The van der Waals surface area contributed by atoms with Crippen LogP contribution in [0.25, 0.3) is 0 Å². The standard InChI is InChI=1S/C15H21BrN2O/c1-11-10-19-7-6-18(11)15-5-2-13(16)8-12(15)9-17-14-3-4-14/h2,5,8,11,14,17H,3-4,6-7,9-10H2,1H3. The average Bonchev–Trinajstić information content (AvgIpc) is 3.22. The molecule has 1 unspecified atom stereocenters. The molecule has 1 aliphatic carbocycles. The molecule has 0 radical (unpaired) electrons. The van der Waals surface area contributed by atoms with E-state index in [9.17, 15) is 0 Å². The lowest BCUT2D eigenvalue weighted by molar-refractivity contribution is 0.0988. The lowest BCUT2D eigenvalue weighted by atomic mass is 10.1. The SMILES string of the molecule is CC1COCCN1c1ccc(Br)cc1CNC1CC1. The number of ether oxygens (including phenoxy) is 1. The molecule has 0 spiro atoms. The Morgan fingerprint density at radius 2 is 2.26 bits per heavy atom. The average molecular weight is 325 g/mol. The Balaban J connectivity index is 1.80. The van der Waals surface area contributed by atoms with E-state index < -0.39 is 0 Å². The number of nitrogens with zero attached hydrogens (tertiary/aromatic N) is 1. The minimum atomic E-state index is 0.453. The van der Waals surface area contributed by atoms with Crippen LogP contribution in [0, 0.1) is 0 Å². The third-order valence-electron chi connectivity index (χ3n) is 3.88. The monoisotopic (exact) mass is 324 g/mol. The first kappa shape index (κ1) is 13.4. The van der Waals surface area contributed by atoms with E-state index in [0.29, 0.717) is 6.04 Å². The Hall–Kier alpha value is -0.580. The van der Waals surface area contributed by atoms with Crippen LogP contribution in [-0.4, -0.2) is 31.8 Å². The predicted molar refractivity (Wildman–Crippen MR) is 81.6 cm³/mol. The molecule has 0 amide bonds. The highest BCUT2D eigenvalue weighted by atomic mass is 79.9. The Morgan fingerprint density at radius 1 is 1.42 bits per heavy atom. The first-order valence-electron chi connectivity index (χ1n) is 7.10. The molecule has 1 atom stereocenters. The molecule has 2 fully saturated rings.